The Balaban J connectivity index is 1.41. The Bertz CT molecular complexity index is 821. The highest BCUT2D eigenvalue weighted by atomic mass is 35.5. The number of nitrogens with one attached hydrogen (secondary N) is 3. The molecule has 2 aromatic rings. The number of carbonyl (C=O) groups is 1. The molecule has 1 heterocycles. The van der Waals surface area contributed by atoms with Crippen molar-refractivity contribution in [3.63, 3.8) is 0 Å². The van der Waals surface area contributed by atoms with Gasteiger partial charge in [-0.25, -0.2) is 0 Å². The summed E-state index contributed by atoms with van der Waals surface area (Å²) >= 11 is 5.89. The van der Waals surface area contributed by atoms with E-state index in [1.54, 1.807) is 7.05 Å². The first kappa shape index (κ1) is 19.0. The average molecular weight is 387 g/mol. The number of amides is 1. The van der Waals surface area contributed by atoms with Crippen molar-refractivity contribution in [3.05, 3.63) is 58.6 Å². The van der Waals surface area contributed by atoms with Crippen molar-refractivity contribution in [1.82, 2.24) is 10.6 Å². The fraction of sp³-hybridized carbons (Fsp3) is 0.300. The van der Waals surface area contributed by atoms with Crippen LogP contribution >= 0.6 is 11.6 Å². The molecule has 2 aromatic carbocycles. The van der Waals surface area contributed by atoms with E-state index < -0.39 is 0 Å². The fourth-order valence-corrected chi connectivity index (χ4v) is 2.92. The molecule has 0 spiro atoms. The van der Waals surface area contributed by atoms with Crippen molar-refractivity contribution in [2.45, 2.75) is 19.4 Å². The highest BCUT2D eigenvalue weighted by Gasteiger charge is 2.14. The van der Waals surface area contributed by atoms with Gasteiger partial charge < -0.3 is 20.7 Å². The van der Waals surface area contributed by atoms with Crippen LogP contribution < -0.4 is 20.7 Å². The van der Waals surface area contributed by atoms with Crippen LogP contribution in [0.3, 0.4) is 0 Å². The molecule has 3 rings (SSSR count). The Morgan fingerprint density at radius 2 is 2.00 bits per heavy atom. The van der Waals surface area contributed by atoms with E-state index in [-0.39, 0.29) is 5.91 Å². The summed E-state index contributed by atoms with van der Waals surface area (Å²) < 4.78 is 5.80. The minimum atomic E-state index is 0.0675. The summed E-state index contributed by atoms with van der Waals surface area (Å²) in [5, 5.41) is 10.1. The van der Waals surface area contributed by atoms with Crippen LogP contribution in [0.5, 0.6) is 5.75 Å². The van der Waals surface area contributed by atoms with E-state index in [2.05, 4.69) is 20.9 Å². The van der Waals surface area contributed by atoms with Gasteiger partial charge in [-0.15, -0.1) is 0 Å². The van der Waals surface area contributed by atoms with Gasteiger partial charge in [-0.1, -0.05) is 23.7 Å². The van der Waals surface area contributed by atoms with Gasteiger partial charge in [0.1, 0.15) is 12.4 Å². The van der Waals surface area contributed by atoms with Gasteiger partial charge >= 0.3 is 0 Å². The summed E-state index contributed by atoms with van der Waals surface area (Å²) in [4.78, 5) is 15.6. The van der Waals surface area contributed by atoms with Gasteiger partial charge in [-0.2, -0.15) is 0 Å². The van der Waals surface area contributed by atoms with Crippen molar-refractivity contribution < 1.29 is 9.53 Å². The van der Waals surface area contributed by atoms with E-state index in [0.29, 0.717) is 32.1 Å². The van der Waals surface area contributed by atoms with Gasteiger partial charge in [0.2, 0.25) is 5.91 Å². The molecule has 6 nitrogen and oxygen atoms in total. The van der Waals surface area contributed by atoms with Gasteiger partial charge in [0.15, 0.2) is 5.96 Å². The zero-order valence-electron chi connectivity index (χ0n) is 15.2. The average Bonchev–Trinajstić information content (AvgIpc) is 2.68. The smallest absolute Gasteiger partial charge is 0.224 e. The lowest BCUT2D eigenvalue weighted by atomic mass is 10.0. The molecule has 27 heavy (non-hydrogen) atoms. The van der Waals surface area contributed by atoms with Gasteiger partial charge in [0.05, 0.1) is 6.54 Å². The molecule has 0 aromatic heterocycles. The van der Waals surface area contributed by atoms with Crippen LogP contribution in [0.1, 0.15) is 17.5 Å². The number of guanidine groups is 1. The number of anilines is 1. The summed E-state index contributed by atoms with van der Waals surface area (Å²) in [6.45, 7) is 1.79. The number of carbonyl (C=O) groups excluding carboxylic acids is 1. The molecule has 1 amide bonds. The number of nitrogens with zero attached hydrogens (tertiary/aromatic N) is 1. The molecule has 0 saturated heterocycles. The van der Waals surface area contributed by atoms with Crippen LogP contribution in [0, 0.1) is 0 Å². The minimum absolute atomic E-state index is 0.0675. The number of benzene rings is 2. The Kier molecular flexibility index (Phi) is 6.54. The van der Waals surface area contributed by atoms with E-state index in [4.69, 9.17) is 16.3 Å². The van der Waals surface area contributed by atoms with Crippen LogP contribution in [0.25, 0.3) is 0 Å². The molecule has 0 atom stereocenters. The number of hydrogen-bond donors (Lipinski definition) is 3. The monoisotopic (exact) mass is 386 g/mol. The number of hydrogen-bond acceptors (Lipinski definition) is 3. The van der Waals surface area contributed by atoms with Crippen molar-refractivity contribution >= 4 is 29.2 Å². The third-order valence-corrected chi connectivity index (χ3v) is 4.48. The largest absolute Gasteiger partial charge is 0.492 e. The second-order valence-corrected chi connectivity index (χ2v) is 6.63. The topological polar surface area (TPSA) is 74.8 Å². The van der Waals surface area contributed by atoms with E-state index in [0.717, 1.165) is 34.0 Å². The predicted octanol–water partition coefficient (Wildman–Crippen LogP) is 2.97. The molecule has 7 heteroatoms. The summed E-state index contributed by atoms with van der Waals surface area (Å²) in [7, 11) is 1.73. The maximum absolute atomic E-state index is 11.4. The second-order valence-electron chi connectivity index (χ2n) is 6.19. The summed E-state index contributed by atoms with van der Waals surface area (Å²) in [5.74, 6) is 1.58. The summed E-state index contributed by atoms with van der Waals surface area (Å²) in [5.41, 5.74) is 3.11. The van der Waals surface area contributed by atoms with Crippen LogP contribution in [-0.4, -0.2) is 32.1 Å². The van der Waals surface area contributed by atoms with E-state index in [1.807, 2.05) is 42.5 Å². The first-order valence-corrected chi connectivity index (χ1v) is 9.26. The fourth-order valence-electron chi connectivity index (χ4n) is 2.80. The van der Waals surface area contributed by atoms with Crippen molar-refractivity contribution in [2.24, 2.45) is 4.99 Å². The lowest BCUT2D eigenvalue weighted by molar-refractivity contribution is -0.116. The lowest BCUT2D eigenvalue weighted by Crippen LogP contribution is -2.38. The lowest BCUT2D eigenvalue weighted by Gasteiger charge is -2.18. The molecule has 0 radical (unpaired) electrons. The third-order valence-electron chi connectivity index (χ3n) is 4.23. The first-order valence-electron chi connectivity index (χ1n) is 8.88. The van der Waals surface area contributed by atoms with E-state index in [9.17, 15) is 4.79 Å². The number of halogens is 1. The molecule has 0 saturated carbocycles. The summed E-state index contributed by atoms with van der Waals surface area (Å²) in [6, 6.07) is 13.4. The minimum Gasteiger partial charge on any atom is -0.492 e. The van der Waals surface area contributed by atoms with E-state index in [1.165, 1.54) is 0 Å². The van der Waals surface area contributed by atoms with E-state index >= 15 is 0 Å². The molecule has 0 aliphatic carbocycles. The highest BCUT2D eigenvalue weighted by molar-refractivity contribution is 6.30. The number of aryl methyl sites for hydroxylation is 1. The molecule has 1 aliphatic heterocycles. The Labute approximate surface area is 164 Å². The van der Waals surface area contributed by atoms with Crippen molar-refractivity contribution in [2.75, 3.05) is 25.5 Å². The van der Waals surface area contributed by atoms with Crippen molar-refractivity contribution in [1.29, 1.82) is 0 Å². The molecule has 3 N–H and O–H groups in total. The van der Waals surface area contributed by atoms with Gasteiger partial charge in [-0.3, -0.25) is 9.79 Å². The molecule has 0 unspecified atom stereocenters. The van der Waals surface area contributed by atoms with Gasteiger partial charge in [0.25, 0.3) is 0 Å². The van der Waals surface area contributed by atoms with Crippen LogP contribution in [0.15, 0.2) is 47.5 Å². The number of ether oxygens (including phenoxy) is 1. The predicted molar refractivity (Wildman–Crippen MR) is 109 cm³/mol. The normalized spacial score (nSPS) is 13.6. The Morgan fingerprint density at radius 3 is 2.78 bits per heavy atom. The standard InChI is InChI=1S/C20H23ClN4O2/c1-22-20(24-13-14-2-5-16(21)6-3-14)23-10-11-27-17-7-8-18-15(12-17)4-9-19(26)25-18/h2-3,5-8,12H,4,9-11,13H2,1H3,(H,25,26)(H2,22,23,24). The molecule has 0 bridgehead atoms. The van der Waals surface area contributed by atoms with Gasteiger partial charge in [-0.05, 0) is 47.9 Å². The van der Waals surface area contributed by atoms with Gasteiger partial charge in [0, 0.05) is 30.7 Å². The van der Waals surface area contributed by atoms with Crippen LogP contribution in [0.2, 0.25) is 5.02 Å². The number of rotatable bonds is 6. The number of aliphatic imine (C=N–C) groups is 1. The Hall–Kier alpha value is -2.73. The SMILES string of the molecule is CN=C(NCCOc1ccc2c(c1)CCC(=O)N2)NCc1ccc(Cl)cc1. The molecule has 0 fully saturated rings. The summed E-state index contributed by atoms with van der Waals surface area (Å²) in [6.07, 6.45) is 1.27. The van der Waals surface area contributed by atoms with Crippen LogP contribution in [0.4, 0.5) is 5.69 Å². The quantitative estimate of drug-likeness (QED) is 0.405. The molecular formula is C20H23ClN4O2. The molecule has 1 aliphatic rings. The molecular weight excluding hydrogens is 364 g/mol. The maximum atomic E-state index is 11.4. The zero-order valence-corrected chi connectivity index (χ0v) is 16.0. The Morgan fingerprint density at radius 1 is 1.19 bits per heavy atom. The zero-order chi connectivity index (χ0) is 19.1. The first-order chi connectivity index (χ1) is 13.1. The highest BCUT2D eigenvalue weighted by Crippen LogP contribution is 2.26. The second kappa shape index (κ2) is 9.28. The molecule has 142 valence electrons. The maximum Gasteiger partial charge on any atom is 0.224 e. The number of fused-ring (bicyclic) bond motifs is 1. The van der Waals surface area contributed by atoms with Crippen LogP contribution in [-0.2, 0) is 17.8 Å². The third kappa shape index (κ3) is 5.62. The van der Waals surface area contributed by atoms with Crippen molar-refractivity contribution in [3.8, 4) is 5.75 Å².